The van der Waals surface area contributed by atoms with Gasteiger partial charge in [0.15, 0.2) is 6.61 Å². The largest absolute Gasteiger partial charge is 0.493 e. The number of esters is 2. The molecule has 1 unspecified atom stereocenters. The molecule has 2 aromatic carbocycles. The minimum absolute atomic E-state index is 0.228. The van der Waals surface area contributed by atoms with E-state index in [1.54, 1.807) is 31.2 Å². The first kappa shape index (κ1) is 21.0. The van der Waals surface area contributed by atoms with Crippen LogP contribution in [0.25, 0.3) is 0 Å². The Morgan fingerprint density at radius 2 is 1.68 bits per heavy atom. The maximum absolute atomic E-state index is 12.2. The minimum Gasteiger partial charge on any atom is -0.493 e. The number of carbonyl (C=O) groups is 3. The van der Waals surface area contributed by atoms with Gasteiger partial charge in [0.05, 0.1) is 13.7 Å². The average molecular weight is 385 g/mol. The Morgan fingerprint density at radius 1 is 1.00 bits per heavy atom. The van der Waals surface area contributed by atoms with Gasteiger partial charge in [0.25, 0.3) is 5.91 Å². The number of benzene rings is 2. The zero-order valence-corrected chi connectivity index (χ0v) is 15.8. The number of carbonyl (C=O) groups excluding carboxylic acids is 3. The van der Waals surface area contributed by atoms with Crippen LogP contribution in [-0.2, 0) is 25.5 Å². The van der Waals surface area contributed by atoms with Crippen LogP contribution in [0.1, 0.15) is 22.8 Å². The quantitative estimate of drug-likeness (QED) is 0.665. The van der Waals surface area contributed by atoms with Crippen molar-refractivity contribution in [2.45, 2.75) is 19.4 Å². The van der Waals surface area contributed by atoms with Gasteiger partial charge in [-0.05, 0) is 24.6 Å². The zero-order valence-electron chi connectivity index (χ0n) is 15.8. The van der Waals surface area contributed by atoms with E-state index in [0.29, 0.717) is 12.4 Å². The number of nitrogens with one attached hydrogen (secondary N) is 1. The molecular formula is C21H23NO6. The van der Waals surface area contributed by atoms with Crippen molar-refractivity contribution in [1.82, 2.24) is 5.32 Å². The van der Waals surface area contributed by atoms with E-state index in [-0.39, 0.29) is 12.0 Å². The second kappa shape index (κ2) is 10.7. The molecule has 1 N–H and O–H groups in total. The maximum Gasteiger partial charge on any atom is 0.342 e. The molecule has 0 bridgehead atoms. The lowest BCUT2D eigenvalue weighted by Gasteiger charge is -2.17. The average Bonchev–Trinajstić information content (AvgIpc) is 2.72. The number of hydrogen-bond donors (Lipinski definition) is 1. The molecule has 0 spiro atoms. The summed E-state index contributed by atoms with van der Waals surface area (Å²) >= 11 is 0. The number of ether oxygens (including phenoxy) is 3. The van der Waals surface area contributed by atoms with Crippen molar-refractivity contribution >= 4 is 17.8 Å². The van der Waals surface area contributed by atoms with Gasteiger partial charge in [-0.15, -0.1) is 0 Å². The lowest BCUT2D eigenvalue weighted by molar-refractivity contribution is -0.145. The molecule has 0 aromatic heterocycles. The molecule has 7 nitrogen and oxygen atoms in total. The normalized spacial score (nSPS) is 11.2. The number of hydrogen-bond acceptors (Lipinski definition) is 6. The van der Waals surface area contributed by atoms with Gasteiger partial charge in [-0.1, -0.05) is 42.5 Å². The molecule has 0 fully saturated rings. The fraction of sp³-hybridized carbons (Fsp3) is 0.286. The van der Waals surface area contributed by atoms with Crippen molar-refractivity contribution in [2.75, 3.05) is 20.3 Å². The molecule has 148 valence electrons. The molecule has 2 rings (SSSR count). The van der Waals surface area contributed by atoms with E-state index in [9.17, 15) is 14.4 Å². The molecule has 1 amide bonds. The van der Waals surface area contributed by atoms with Crippen LogP contribution < -0.4 is 10.1 Å². The van der Waals surface area contributed by atoms with E-state index in [4.69, 9.17) is 14.2 Å². The first-order valence-corrected chi connectivity index (χ1v) is 8.85. The van der Waals surface area contributed by atoms with Crippen LogP contribution in [-0.4, -0.2) is 44.2 Å². The number of amides is 1. The van der Waals surface area contributed by atoms with E-state index >= 15 is 0 Å². The summed E-state index contributed by atoms with van der Waals surface area (Å²) in [6, 6.07) is 14.9. The Kier molecular flexibility index (Phi) is 8.02. The summed E-state index contributed by atoms with van der Waals surface area (Å²) in [4.78, 5) is 36.4. The summed E-state index contributed by atoms with van der Waals surface area (Å²) in [5, 5.41) is 2.54. The highest BCUT2D eigenvalue weighted by Crippen LogP contribution is 2.18. The summed E-state index contributed by atoms with van der Waals surface area (Å²) in [6.45, 7) is 1.67. The second-order valence-corrected chi connectivity index (χ2v) is 5.84. The topological polar surface area (TPSA) is 90.9 Å². The highest BCUT2D eigenvalue weighted by molar-refractivity contribution is 5.94. The van der Waals surface area contributed by atoms with Crippen molar-refractivity contribution in [3.63, 3.8) is 0 Å². The van der Waals surface area contributed by atoms with Gasteiger partial charge in [-0.3, -0.25) is 4.79 Å². The van der Waals surface area contributed by atoms with Gasteiger partial charge in [0.1, 0.15) is 17.4 Å². The summed E-state index contributed by atoms with van der Waals surface area (Å²) in [5.74, 6) is -1.48. The number of methoxy groups -OCH3 is 1. The lowest BCUT2D eigenvalue weighted by atomic mass is 10.1. The molecule has 0 heterocycles. The van der Waals surface area contributed by atoms with Gasteiger partial charge < -0.3 is 19.5 Å². The first-order chi connectivity index (χ1) is 13.5. The van der Waals surface area contributed by atoms with Crippen molar-refractivity contribution < 1.29 is 28.6 Å². The SMILES string of the molecule is CCOc1ccccc1C(=O)OCC(=O)NC(Cc1ccccc1)C(=O)OC. The summed E-state index contributed by atoms with van der Waals surface area (Å²) in [5.41, 5.74) is 1.09. The fourth-order valence-corrected chi connectivity index (χ4v) is 2.55. The lowest BCUT2D eigenvalue weighted by Crippen LogP contribution is -2.44. The van der Waals surface area contributed by atoms with E-state index in [2.05, 4.69) is 5.32 Å². The Labute approximate surface area is 163 Å². The van der Waals surface area contributed by atoms with Crippen LogP contribution in [0.2, 0.25) is 0 Å². The van der Waals surface area contributed by atoms with Crippen molar-refractivity contribution in [2.24, 2.45) is 0 Å². The monoisotopic (exact) mass is 385 g/mol. The van der Waals surface area contributed by atoms with Crippen LogP contribution in [0.4, 0.5) is 0 Å². The van der Waals surface area contributed by atoms with Gasteiger partial charge in [-0.25, -0.2) is 9.59 Å². The Hall–Kier alpha value is -3.35. The predicted molar refractivity (Wildman–Crippen MR) is 102 cm³/mol. The zero-order chi connectivity index (χ0) is 20.4. The minimum atomic E-state index is -0.880. The van der Waals surface area contributed by atoms with Crippen LogP contribution in [0.5, 0.6) is 5.75 Å². The third kappa shape index (κ3) is 6.12. The molecule has 7 heteroatoms. The molecule has 0 saturated carbocycles. The molecule has 2 aromatic rings. The van der Waals surface area contributed by atoms with Crippen LogP contribution in [0, 0.1) is 0 Å². The standard InChI is InChI=1S/C21H23NO6/c1-3-27-18-12-8-7-11-16(18)20(24)28-14-19(23)22-17(21(25)26-2)13-15-9-5-4-6-10-15/h4-12,17H,3,13-14H2,1-2H3,(H,22,23). The highest BCUT2D eigenvalue weighted by Gasteiger charge is 2.23. The number of para-hydroxylation sites is 1. The van der Waals surface area contributed by atoms with Crippen molar-refractivity contribution in [1.29, 1.82) is 0 Å². The maximum atomic E-state index is 12.2. The third-order valence-corrected chi connectivity index (χ3v) is 3.84. The smallest absolute Gasteiger partial charge is 0.342 e. The van der Waals surface area contributed by atoms with E-state index in [1.165, 1.54) is 7.11 Å². The van der Waals surface area contributed by atoms with Crippen molar-refractivity contribution in [3.8, 4) is 5.75 Å². The Bertz CT molecular complexity index is 806. The van der Waals surface area contributed by atoms with E-state index in [1.807, 2.05) is 30.3 Å². The second-order valence-electron chi connectivity index (χ2n) is 5.84. The van der Waals surface area contributed by atoms with Gasteiger partial charge in [-0.2, -0.15) is 0 Å². The summed E-state index contributed by atoms with van der Waals surface area (Å²) < 4.78 is 15.2. The first-order valence-electron chi connectivity index (χ1n) is 8.85. The molecule has 0 aliphatic carbocycles. The molecule has 0 radical (unpaired) electrons. The van der Waals surface area contributed by atoms with E-state index in [0.717, 1.165) is 5.56 Å². The molecule has 28 heavy (non-hydrogen) atoms. The van der Waals surface area contributed by atoms with Crippen LogP contribution in [0.3, 0.4) is 0 Å². The molecule has 0 aliphatic heterocycles. The molecule has 0 aliphatic rings. The van der Waals surface area contributed by atoms with Gasteiger partial charge in [0, 0.05) is 6.42 Å². The molecular weight excluding hydrogens is 362 g/mol. The predicted octanol–water partition coefficient (Wildman–Crippen LogP) is 2.14. The van der Waals surface area contributed by atoms with Gasteiger partial charge in [0.2, 0.25) is 0 Å². The summed E-state index contributed by atoms with van der Waals surface area (Å²) in [7, 11) is 1.25. The molecule has 1 atom stereocenters. The number of rotatable bonds is 9. The van der Waals surface area contributed by atoms with Crippen LogP contribution >= 0.6 is 0 Å². The molecule has 0 saturated heterocycles. The Balaban J connectivity index is 1.95. The summed E-state index contributed by atoms with van der Waals surface area (Å²) in [6.07, 6.45) is 0.264. The van der Waals surface area contributed by atoms with Crippen molar-refractivity contribution in [3.05, 3.63) is 65.7 Å². The third-order valence-electron chi connectivity index (χ3n) is 3.84. The fourth-order valence-electron chi connectivity index (χ4n) is 2.55. The highest BCUT2D eigenvalue weighted by atomic mass is 16.5. The van der Waals surface area contributed by atoms with Gasteiger partial charge >= 0.3 is 11.9 Å². The van der Waals surface area contributed by atoms with Crippen LogP contribution in [0.15, 0.2) is 54.6 Å². The van der Waals surface area contributed by atoms with E-state index < -0.39 is 30.5 Å². The Morgan fingerprint density at radius 3 is 2.36 bits per heavy atom.